The number of carbonyl (C=O) groups excluding carboxylic acids is 1. The molecule has 1 heterocycles. The summed E-state index contributed by atoms with van der Waals surface area (Å²) in [6, 6.07) is 5.23. The van der Waals surface area contributed by atoms with Gasteiger partial charge in [-0.05, 0) is 12.1 Å². The highest BCUT2D eigenvalue weighted by molar-refractivity contribution is 6.36. The van der Waals surface area contributed by atoms with E-state index in [1.54, 1.807) is 38.5 Å². The van der Waals surface area contributed by atoms with Gasteiger partial charge in [0, 0.05) is 47.0 Å². The number of carbonyl (C=O) groups is 1. The summed E-state index contributed by atoms with van der Waals surface area (Å²) >= 11 is 12.0. The van der Waals surface area contributed by atoms with Gasteiger partial charge in [0.25, 0.3) is 0 Å². The van der Waals surface area contributed by atoms with E-state index < -0.39 is 0 Å². The number of aromatic nitrogens is 2. The summed E-state index contributed by atoms with van der Waals surface area (Å²) in [6.07, 6.45) is 3.68. The molecule has 6 heteroatoms. The second-order valence-corrected chi connectivity index (χ2v) is 5.05. The predicted molar refractivity (Wildman–Crippen MR) is 81.2 cm³/mol. The van der Waals surface area contributed by atoms with Crippen molar-refractivity contribution in [3.8, 4) is 11.1 Å². The Balaban J connectivity index is 2.30. The van der Waals surface area contributed by atoms with Crippen molar-refractivity contribution in [2.45, 2.75) is 13.3 Å². The molecule has 0 radical (unpaired) electrons. The van der Waals surface area contributed by atoms with E-state index >= 15 is 0 Å². The van der Waals surface area contributed by atoms with Crippen molar-refractivity contribution >= 4 is 35.1 Å². The van der Waals surface area contributed by atoms with Crippen LogP contribution in [0.15, 0.2) is 30.6 Å². The lowest BCUT2D eigenvalue weighted by molar-refractivity contribution is -0.118. The monoisotopic (exact) mass is 309 g/mol. The third-order valence-corrected chi connectivity index (χ3v) is 3.40. The Bertz CT molecular complexity index is 629. The van der Waals surface area contributed by atoms with Crippen LogP contribution < -0.4 is 4.90 Å². The van der Waals surface area contributed by atoms with E-state index in [0.29, 0.717) is 22.4 Å². The smallest absolute Gasteiger partial charge is 0.231 e. The zero-order valence-electron chi connectivity index (χ0n) is 11.1. The zero-order valence-corrected chi connectivity index (χ0v) is 12.6. The van der Waals surface area contributed by atoms with Gasteiger partial charge in [0.15, 0.2) is 0 Å². The van der Waals surface area contributed by atoms with Gasteiger partial charge in [-0.25, -0.2) is 9.97 Å². The fraction of sp³-hybridized carbons (Fsp3) is 0.214. The molecule has 0 saturated heterocycles. The van der Waals surface area contributed by atoms with Crippen LogP contribution in [0.4, 0.5) is 5.95 Å². The SMILES string of the molecule is CCC(=O)N(C)c1ncc(-c2ccc(Cl)cc2Cl)cn1. The highest BCUT2D eigenvalue weighted by Crippen LogP contribution is 2.29. The summed E-state index contributed by atoms with van der Waals surface area (Å²) in [5.74, 6) is 0.327. The molecular formula is C14H13Cl2N3O. The molecule has 0 aliphatic heterocycles. The Morgan fingerprint density at radius 3 is 2.45 bits per heavy atom. The summed E-state index contributed by atoms with van der Waals surface area (Å²) in [5.41, 5.74) is 1.57. The van der Waals surface area contributed by atoms with Crippen molar-refractivity contribution in [2.75, 3.05) is 11.9 Å². The van der Waals surface area contributed by atoms with E-state index in [0.717, 1.165) is 11.1 Å². The number of benzene rings is 1. The zero-order chi connectivity index (χ0) is 14.7. The fourth-order valence-electron chi connectivity index (χ4n) is 1.71. The van der Waals surface area contributed by atoms with Gasteiger partial charge in [0.2, 0.25) is 11.9 Å². The van der Waals surface area contributed by atoms with Gasteiger partial charge in [0.1, 0.15) is 0 Å². The Morgan fingerprint density at radius 1 is 1.25 bits per heavy atom. The average molecular weight is 310 g/mol. The second-order valence-electron chi connectivity index (χ2n) is 4.20. The van der Waals surface area contributed by atoms with Crippen LogP contribution in [0.3, 0.4) is 0 Å². The standard InChI is InChI=1S/C14H13Cl2N3O/c1-3-13(20)19(2)14-17-7-9(8-18-14)11-5-4-10(15)6-12(11)16/h4-8H,3H2,1-2H3. The molecule has 0 N–H and O–H groups in total. The molecule has 1 aromatic heterocycles. The normalized spacial score (nSPS) is 10.4. The molecule has 0 aliphatic carbocycles. The van der Waals surface area contributed by atoms with E-state index in [4.69, 9.17) is 23.2 Å². The molecule has 0 unspecified atom stereocenters. The Hall–Kier alpha value is -1.65. The van der Waals surface area contributed by atoms with Gasteiger partial charge in [-0.15, -0.1) is 0 Å². The van der Waals surface area contributed by atoms with Gasteiger partial charge in [-0.1, -0.05) is 36.2 Å². The molecule has 0 spiro atoms. The van der Waals surface area contributed by atoms with Crippen LogP contribution in [-0.4, -0.2) is 22.9 Å². The maximum absolute atomic E-state index is 11.6. The fourth-order valence-corrected chi connectivity index (χ4v) is 2.22. The molecule has 20 heavy (non-hydrogen) atoms. The van der Waals surface area contributed by atoms with Gasteiger partial charge in [-0.2, -0.15) is 0 Å². The van der Waals surface area contributed by atoms with Crippen LogP contribution >= 0.6 is 23.2 Å². The lowest BCUT2D eigenvalue weighted by atomic mass is 10.1. The van der Waals surface area contributed by atoms with Crippen LogP contribution in [0.5, 0.6) is 0 Å². The predicted octanol–water partition coefficient (Wildman–Crippen LogP) is 3.82. The first-order chi connectivity index (χ1) is 9.52. The number of hydrogen-bond donors (Lipinski definition) is 0. The van der Waals surface area contributed by atoms with Crippen molar-refractivity contribution in [2.24, 2.45) is 0 Å². The summed E-state index contributed by atoms with van der Waals surface area (Å²) in [6.45, 7) is 1.79. The summed E-state index contributed by atoms with van der Waals surface area (Å²) < 4.78 is 0. The van der Waals surface area contributed by atoms with E-state index in [1.807, 2.05) is 6.07 Å². The lowest BCUT2D eigenvalue weighted by Gasteiger charge is -2.14. The van der Waals surface area contributed by atoms with E-state index in [-0.39, 0.29) is 5.91 Å². The van der Waals surface area contributed by atoms with Crippen LogP contribution in [0.25, 0.3) is 11.1 Å². The van der Waals surface area contributed by atoms with Gasteiger partial charge in [-0.3, -0.25) is 9.69 Å². The largest absolute Gasteiger partial charge is 0.284 e. The number of anilines is 1. The Kier molecular flexibility index (Phi) is 4.57. The molecule has 1 aromatic carbocycles. The minimum absolute atomic E-state index is 0.0396. The topological polar surface area (TPSA) is 46.1 Å². The number of amides is 1. The lowest BCUT2D eigenvalue weighted by Crippen LogP contribution is -2.26. The number of nitrogens with zero attached hydrogens (tertiary/aromatic N) is 3. The summed E-state index contributed by atoms with van der Waals surface area (Å²) in [4.78, 5) is 21.4. The van der Waals surface area contributed by atoms with Crippen molar-refractivity contribution in [1.82, 2.24) is 9.97 Å². The van der Waals surface area contributed by atoms with Crippen molar-refractivity contribution in [1.29, 1.82) is 0 Å². The number of halogens is 2. The number of hydrogen-bond acceptors (Lipinski definition) is 3. The maximum Gasteiger partial charge on any atom is 0.231 e. The van der Waals surface area contributed by atoms with Crippen molar-refractivity contribution in [3.63, 3.8) is 0 Å². The Morgan fingerprint density at radius 2 is 1.90 bits per heavy atom. The van der Waals surface area contributed by atoms with Crippen molar-refractivity contribution in [3.05, 3.63) is 40.6 Å². The van der Waals surface area contributed by atoms with E-state index in [9.17, 15) is 4.79 Å². The quantitative estimate of drug-likeness (QED) is 0.865. The number of rotatable bonds is 3. The third-order valence-electron chi connectivity index (χ3n) is 2.86. The van der Waals surface area contributed by atoms with Gasteiger partial charge < -0.3 is 0 Å². The first-order valence-electron chi connectivity index (χ1n) is 6.07. The molecule has 0 aliphatic rings. The van der Waals surface area contributed by atoms with E-state index in [2.05, 4.69) is 9.97 Å². The maximum atomic E-state index is 11.6. The molecule has 0 atom stereocenters. The molecule has 1 amide bonds. The highest BCUT2D eigenvalue weighted by atomic mass is 35.5. The minimum Gasteiger partial charge on any atom is -0.284 e. The summed E-state index contributed by atoms with van der Waals surface area (Å²) in [5, 5.41) is 1.11. The first kappa shape index (κ1) is 14.8. The first-order valence-corrected chi connectivity index (χ1v) is 6.82. The molecular weight excluding hydrogens is 297 g/mol. The molecule has 0 bridgehead atoms. The van der Waals surface area contributed by atoms with E-state index in [1.165, 1.54) is 4.90 Å². The van der Waals surface area contributed by atoms with Gasteiger partial charge >= 0.3 is 0 Å². The Labute approximate surface area is 127 Å². The van der Waals surface area contributed by atoms with Gasteiger partial charge in [0.05, 0.1) is 0 Å². The van der Waals surface area contributed by atoms with Crippen molar-refractivity contribution < 1.29 is 4.79 Å². The summed E-state index contributed by atoms with van der Waals surface area (Å²) in [7, 11) is 1.65. The third kappa shape index (κ3) is 3.08. The van der Waals surface area contributed by atoms with Crippen LogP contribution in [-0.2, 0) is 4.79 Å². The molecule has 104 valence electrons. The molecule has 0 fully saturated rings. The average Bonchev–Trinajstić information content (AvgIpc) is 2.46. The highest BCUT2D eigenvalue weighted by Gasteiger charge is 2.12. The van der Waals surface area contributed by atoms with Crippen LogP contribution in [0.1, 0.15) is 13.3 Å². The molecule has 2 rings (SSSR count). The second kappa shape index (κ2) is 6.20. The molecule has 0 saturated carbocycles. The van der Waals surface area contributed by atoms with Crippen LogP contribution in [0, 0.1) is 0 Å². The molecule has 4 nitrogen and oxygen atoms in total. The molecule has 2 aromatic rings. The minimum atomic E-state index is -0.0396. The van der Waals surface area contributed by atoms with Crippen LogP contribution in [0.2, 0.25) is 10.0 Å².